The lowest BCUT2D eigenvalue weighted by atomic mass is 10.1. The molecular weight excluding hydrogens is 456 g/mol. The first kappa shape index (κ1) is 24.1. The summed E-state index contributed by atoms with van der Waals surface area (Å²) in [5, 5.41) is 5.18. The van der Waals surface area contributed by atoms with Crippen molar-refractivity contribution in [2.45, 2.75) is 43.4 Å². The van der Waals surface area contributed by atoms with Gasteiger partial charge in [0.2, 0.25) is 10.0 Å². The molecule has 1 aromatic heterocycles. The summed E-state index contributed by atoms with van der Waals surface area (Å²) < 4.78 is 28.0. The van der Waals surface area contributed by atoms with Gasteiger partial charge in [0, 0.05) is 40.9 Å². The molecule has 3 N–H and O–H groups in total. The Kier molecular flexibility index (Phi) is 8.30. The van der Waals surface area contributed by atoms with E-state index in [1.807, 2.05) is 36.5 Å². The fourth-order valence-corrected chi connectivity index (χ4v) is 5.64. The Balaban J connectivity index is 1.20. The molecule has 2 aromatic carbocycles. The minimum Gasteiger partial charge on any atom is -0.385 e. The van der Waals surface area contributed by atoms with Crippen LogP contribution < -0.4 is 10.0 Å². The fourth-order valence-electron chi connectivity index (χ4n) is 4.40. The van der Waals surface area contributed by atoms with E-state index in [1.54, 1.807) is 12.1 Å². The summed E-state index contributed by atoms with van der Waals surface area (Å²) in [4.78, 5) is 6.05. The minimum absolute atomic E-state index is 0.292. The molecule has 1 aliphatic heterocycles. The number of aryl methyl sites for hydroxylation is 1. The molecule has 0 aliphatic carbocycles. The Bertz CT molecular complexity index is 1140. The number of anilines is 1. The second-order valence-corrected chi connectivity index (χ2v) is 10.9. The van der Waals surface area contributed by atoms with Crippen LogP contribution in [0, 0.1) is 0 Å². The summed E-state index contributed by atoms with van der Waals surface area (Å²) in [5.41, 5.74) is 3.13. The molecule has 1 fully saturated rings. The molecule has 1 aliphatic rings. The second kappa shape index (κ2) is 11.4. The first-order chi connectivity index (χ1) is 16.0. The van der Waals surface area contributed by atoms with Gasteiger partial charge in [-0.15, -0.1) is 0 Å². The number of rotatable bonds is 11. The first-order valence-electron chi connectivity index (χ1n) is 11.8. The summed E-state index contributed by atoms with van der Waals surface area (Å²) >= 11 is 6.10. The minimum atomic E-state index is -3.52. The van der Waals surface area contributed by atoms with Gasteiger partial charge in [-0.05, 0) is 99.8 Å². The maximum absolute atomic E-state index is 12.6. The van der Waals surface area contributed by atoms with Crippen molar-refractivity contribution in [2.24, 2.45) is 0 Å². The first-order valence-corrected chi connectivity index (χ1v) is 13.7. The van der Waals surface area contributed by atoms with E-state index in [9.17, 15) is 8.42 Å². The molecule has 0 saturated carbocycles. The van der Waals surface area contributed by atoms with Gasteiger partial charge in [-0.2, -0.15) is 0 Å². The van der Waals surface area contributed by atoms with Crippen LogP contribution in [-0.2, 0) is 16.4 Å². The van der Waals surface area contributed by atoms with E-state index in [2.05, 4.69) is 19.9 Å². The van der Waals surface area contributed by atoms with Gasteiger partial charge in [0.25, 0.3) is 0 Å². The molecule has 33 heavy (non-hydrogen) atoms. The molecule has 2 heterocycles. The van der Waals surface area contributed by atoms with Crippen molar-refractivity contribution in [3.63, 3.8) is 0 Å². The number of aromatic amines is 1. The van der Waals surface area contributed by atoms with E-state index in [0.717, 1.165) is 48.1 Å². The number of nitrogens with one attached hydrogen (secondary N) is 3. The van der Waals surface area contributed by atoms with Crippen molar-refractivity contribution >= 4 is 38.2 Å². The molecule has 8 heteroatoms. The molecule has 0 unspecified atom stereocenters. The summed E-state index contributed by atoms with van der Waals surface area (Å²) in [5.74, 6) is 0. The van der Waals surface area contributed by atoms with Crippen molar-refractivity contribution in [3.8, 4) is 0 Å². The average Bonchev–Trinajstić information content (AvgIpc) is 3.22. The lowest BCUT2D eigenvalue weighted by molar-refractivity contribution is 0.228. The Morgan fingerprint density at radius 1 is 0.970 bits per heavy atom. The lowest BCUT2D eigenvalue weighted by Crippen LogP contribution is -2.31. The highest BCUT2D eigenvalue weighted by Crippen LogP contribution is 2.23. The molecular formula is C25H33ClN4O2S. The quantitative estimate of drug-likeness (QED) is 0.331. The van der Waals surface area contributed by atoms with E-state index in [4.69, 9.17) is 11.6 Å². The van der Waals surface area contributed by atoms with Crippen LogP contribution in [0.1, 0.15) is 37.7 Å². The summed E-state index contributed by atoms with van der Waals surface area (Å²) in [6.07, 6.45) is 8.51. The number of piperidine rings is 1. The Hall–Kier alpha value is -2.06. The van der Waals surface area contributed by atoms with Crippen molar-refractivity contribution in [1.82, 2.24) is 14.6 Å². The van der Waals surface area contributed by atoms with Crippen LogP contribution in [0.2, 0.25) is 5.02 Å². The predicted octanol–water partition coefficient (Wildman–Crippen LogP) is 5.02. The van der Waals surface area contributed by atoms with Gasteiger partial charge in [0.05, 0.1) is 4.90 Å². The third-order valence-corrected chi connectivity index (χ3v) is 7.95. The van der Waals surface area contributed by atoms with Gasteiger partial charge in [0.15, 0.2) is 0 Å². The van der Waals surface area contributed by atoms with Crippen LogP contribution >= 0.6 is 11.6 Å². The van der Waals surface area contributed by atoms with Gasteiger partial charge in [-0.3, -0.25) is 0 Å². The molecule has 4 rings (SSSR count). The number of nitrogens with zero attached hydrogens (tertiary/aromatic N) is 1. The topological polar surface area (TPSA) is 77.2 Å². The molecule has 3 aromatic rings. The maximum Gasteiger partial charge on any atom is 0.240 e. The van der Waals surface area contributed by atoms with Crippen molar-refractivity contribution in [1.29, 1.82) is 0 Å². The molecule has 178 valence electrons. The highest BCUT2D eigenvalue weighted by atomic mass is 35.5. The van der Waals surface area contributed by atoms with Gasteiger partial charge < -0.3 is 15.2 Å². The maximum atomic E-state index is 12.6. The SMILES string of the molecule is O=S(=O)(NCCCc1c[nH]c2ccc(Cl)cc12)c1ccc(NCCCN2CCCCC2)cc1. The van der Waals surface area contributed by atoms with Gasteiger partial charge in [-0.25, -0.2) is 13.1 Å². The van der Waals surface area contributed by atoms with Crippen molar-refractivity contribution in [3.05, 3.63) is 59.2 Å². The second-order valence-electron chi connectivity index (χ2n) is 8.71. The smallest absolute Gasteiger partial charge is 0.240 e. The van der Waals surface area contributed by atoms with Crippen molar-refractivity contribution < 1.29 is 8.42 Å². The normalized spacial score (nSPS) is 15.2. The van der Waals surface area contributed by atoms with Crippen LogP contribution in [0.15, 0.2) is 53.6 Å². The van der Waals surface area contributed by atoms with Crippen LogP contribution in [0.4, 0.5) is 5.69 Å². The molecule has 0 amide bonds. The van der Waals surface area contributed by atoms with E-state index in [0.29, 0.717) is 22.9 Å². The van der Waals surface area contributed by atoms with E-state index in [1.165, 1.54) is 32.4 Å². The van der Waals surface area contributed by atoms with E-state index < -0.39 is 10.0 Å². The summed E-state index contributed by atoms with van der Waals surface area (Å²) in [7, 11) is -3.52. The standard InChI is InChI=1S/C25H33ClN4O2S/c26-21-7-12-25-24(18-21)20(19-28-25)6-4-14-29-33(31,32)23-10-8-22(9-11-23)27-13-5-17-30-15-2-1-3-16-30/h7-12,18-19,27-29H,1-6,13-17H2. The van der Waals surface area contributed by atoms with E-state index >= 15 is 0 Å². The van der Waals surface area contributed by atoms with Gasteiger partial charge in [-0.1, -0.05) is 18.0 Å². The van der Waals surface area contributed by atoms with Crippen LogP contribution in [0.3, 0.4) is 0 Å². The largest absolute Gasteiger partial charge is 0.385 e. The monoisotopic (exact) mass is 488 g/mol. The number of hydrogen-bond donors (Lipinski definition) is 3. The zero-order chi connectivity index (χ0) is 23.1. The van der Waals surface area contributed by atoms with Crippen LogP contribution in [0.5, 0.6) is 0 Å². The Morgan fingerprint density at radius 2 is 1.76 bits per heavy atom. The molecule has 0 bridgehead atoms. The zero-order valence-corrected chi connectivity index (χ0v) is 20.5. The van der Waals surface area contributed by atoms with Crippen molar-refractivity contribution in [2.75, 3.05) is 38.0 Å². The average molecular weight is 489 g/mol. The molecule has 1 saturated heterocycles. The predicted molar refractivity (Wildman–Crippen MR) is 137 cm³/mol. The highest BCUT2D eigenvalue weighted by molar-refractivity contribution is 7.89. The number of H-pyrrole nitrogens is 1. The van der Waals surface area contributed by atoms with Gasteiger partial charge >= 0.3 is 0 Å². The van der Waals surface area contributed by atoms with Crippen LogP contribution in [-0.4, -0.2) is 51.0 Å². The Morgan fingerprint density at radius 3 is 2.55 bits per heavy atom. The fraction of sp³-hybridized carbons (Fsp3) is 0.440. The highest BCUT2D eigenvalue weighted by Gasteiger charge is 2.14. The number of fused-ring (bicyclic) bond motifs is 1. The number of halogens is 1. The molecule has 0 atom stereocenters. The summed E-state index contributed by atoms with van der Waals surface area (Å²) in [6.45, 7) is 4.83. The number of benzene rings is 2. The number of hydrogen-bond acceptors (Lipinski definition) is 4. The summed E-state index contributed by atoms with van der Waals surface area (Å²) in [6, 6.07) is 12.8. The number of likely N-dealkylation sites (tertiary alicyclic amines) is 1. The molecule has 0 spiro atoms. The molecule has 6 nitrogen and oxygen atoms in total. The number of sulfonamides is 1. The number of aromatic nitrogens is 1. The third-order valence-electron chi connectivity index (χ3n) is 6.24. The Labute approximate surface area is 201 Å². The van der Waals surface area contributed by atoms with E-state index in [-0.39, 0.29) is 0 Å². The lowest BCUT2D eigenvalue weighted by Gasteiger charge is -2.26. The molecule has 0 radical (unpaired) electrons. The zero-order valence-electron chi connectivity index (χ0n) is 18.9. The van der Waals surface area contributed by atoms with Crippen LogP contribution in [0.25, 0.3) is 10.9 Å². The van der Waals surface area contributed by atoms with Gasteiger partial charge in [0.1, 0.15) is 0 Å². The third kappa shape index (κ3) is 6.73.